The highest BCUT2D eigenvalue weighted by atomic mass is 35.5. The normalized spacial score (nSPS) is 14.5. The van der Waals surface area contributed by atoms with Gasteiger partial charge < -0.3 is 4.74 Å². The summed E-state index contributed by atoms with van der Waals surface area (Å²) in [5, 5.41) is 3.57. The van der Waals surface area contributed by atoms with E-state index in [2.05, 4.69) is 5.43 Å². The van der Waals surface area contributed by atoms with E-state index in [9.17, 15) is 9.59 Å². The third kappa shape index (κ3) is 5.14. The average Bonchev–Trinajstić information content (AvgIpc) is 3.16. The molecule has 1 N–H and O–H groups in total. The number of hydrogen-bond donors (Lipinski definition) is 1. The van der Waals surface area contributed by atoms with Gasteiger partial charge in [-0.25, -0.2) is 0 Å². The van der Waals surface area contributed by atoms with Crippen LogP contribution >= 0.6 is 35.6 Å². The van der Waals surface area contributed by atoms with Crippen LogP contribution in [0.2, 0.25) is 5.02 Å². The Morgan fingerprint density at radius 1 is 0.972 bits per heavy atom. The van der Waals surface area contributed by atoms with Gasteiger partial charge in [0.1, 0.15) is 12.4 Å². The summed E-state index contributed by atoms with van der Waals surface area (Å²) in [7, 11) is 0. The van der Waals surface area contributed by atoms with Gasteiger partial charge in [-0.15, -0.1) is 0 Å². The molecular weight excluding hydrogens is 512 g/mol. The molecule has 0 spiro atoms. The summed E-state index contributed by atoms with van der Waals surface area (Å²) in [6.07, 6.45) is 1.77. The second-order valence-corrected chi connectivity index (χ2v) is 10.0. The first-order valence-corrected chi connectivity index (χ1v) is 12.6. The standard InChI is InChI=1S/C28H19ClN2O3S2/c29-21-13-10-20(11-14-21)26(32)30-31-27(33)25(36-28(31)35)16-23-22-9-5-4-8-19(22)12-15-24(23)34-17-18-6-2-1-3-7-18/h1-16H,17H2,(H,30,32)/b25-16+. The van der Waals surface area contributed by atoms with Gasteiger partial charge in [0.05, 0.1) is 4.91 Å². The summed E-state index contributed by atoms with van der Waals surface area (Å²) >= 11 is 12.4. The van der Waals surface area contributed by atoms with Crippen molar-refractivity contribution < 1.29 is 14.3 Å². The molecule has 36 heavy (non-hydrogen) atoms. The highest BCUT2D eigenvalue weighted by molar-refractivity contribution is 8.26. The lowest BCUT2D eigenvalue weighted by Crippen LogP contribution is -2.44. The Kier molecular flexibility index (Phi) is 7.04. The molecule has 0 atom stereocenters. The van der Waals surface area contributed by atoms with Crippen LogP contribution in [0.4, 0.5) is 0 Å². The zero-order valence-corrected chi connectivity index (χ0v) is 21.2. The first-order chi connectivity index (χ1) is 17.5. The fraction of sp³-hybridized carbons (Fsp3) is 0.0357. The Hall–Kier alpha value is -3.65. The van der Waals surface area contributed by atoms with Crippen molar-refractivity contribution in [2.45, 2.75) is 6.61 Å². The lowest BCUT2D eigenvalue weighted by atomic mass is 10.0. The van der Waals surface area contributed by atoms with E-state index < -0.39 is 11.8 Å². The number of carbonyl (C=O) groups excluding carboxylic acids is 2. The lowest BCUT2D eigenvalue weighted by Gasteiger charge is -2.15. The number of thiocarbonyl (C=S) groups is 1. The number of benzene rings is 4. The second kappa shape index (κ2) is 10.5. The number of ether oxygens (including phenoxy) is 1. The number of fused-ring (bicyclic) bond motifs is 1. The van der Waals surface area contributed by atoms with E-state index in [1.807, 2.05) is 66.7 Å². The summed E-state index contributed by atoms with van der Waals surface area (Å²) in [5.41, 5.74) is 4.77. The molecule has 1 saturated heterocycles. The Morgan fingerprint density at radius 2 is 1.69 bits per heavy atom. The maximum Gasteiger partial charge on any atom is 0.285 e. The number of amides is 2. The van der Waals surface area contributed by atoms with E-state index >= 15 is 0 Å². The molecule has 0 aliphatic carbocycles. The molecule has 0 saturated carbocycles. The zero-order valence-electron chi connectivity index (χ0n) is 18.8. The van der Waals surface area contributed by atoms with E-state index in [0.29, 0.717) is 27.8 Å². The van der Waals surface area contributed by atoms with E-state index in [0.717, 1.165) is 38.7 Å². The van der Waals surface area contributed by atoms with Crippen molar-refractivity contribution in [3.05, 3.63) is 118 Å². The fourth-order valence-corrected chi connectivity index (χ4v) is 5.04. The maximum absolute atomic E-state index is 13.2. The van der Waals surface area contributed by atoms with Crippen LogP contribution in [0.15, 0.2) is 95.9 Å². The number of halogens is 1. The molecule has 0 radical (unpaired) electrons. The van der Waals surface area contributed by atoms with E-state index in [-0.39, 0.29) is 4.32 Å². The van der Waals surface area contributed by atoms with Crippen molar-refractivity contribution >= 4 is 68.6 Å². The monoisotopic (exact) mass is 530 g/mol. The Labute approximate surface area is 222 Å². The number of carbonyl (C=O) groups is 2. The van der Waals surface area contributed by atoms with Crippen LogP contribution in [0.3, 0.4) is 0 Å². The molecule has 5 rings (SSSR count). The van der Waals surface area contributed by atoms with Crippen molar-refractivity contribution in [3.8, 4) is 5.75 Å². The molecule has 1 fully saturated rings. The van der Waals surface area contributed by atoms with Gasteiger partial charge >= 0.3 is 0 Å². The Bertz CT molecular complexity index is 1500. The minimum absolute atomic E-state index is 0.237. The molecule has 5 nitrogen and oxygen atoms in total. The van der Waals surface area contributed by atoms with Crippen LogP contribution in [0.5, 0.6) is 5.75 Å². The molecule has 0 aromatic heterocycles. The van der Waals surface area contributed by atoms with Crippen molar-refractivity contribution in [2.24, 2.45) is 0 Å². The van der Waals surface area contributed by atoms with Crippen LogP contribution in [0, 0.1) is 0 Å². The first-order valence-electron chi connectivity index (χ1n) is 11.0. The third-order valence-corrected chi connectivity index (χ3v) is 7.11. The molecule has 1 heterocycles. The molecule has 4 aromatic carbocycles. The number of hydrogen-bond acceptors (Lipinski definition) is 5. The predicted octanol–water partition coefficient (Wildman–Crippen LogP) is 6.62. The molecule has 2 amide bonds. The SMILES string of the molecule is O=C(NN1C(=O)/C(=C\c2c(OCc3ccccc3)ccc3ccccc23)SC1=S)c1ccc(Cl)cc1. The quantitative estimate of drug-likeness (QED) is 0.224. The van der Waals surface area contributed by atoms with Crippen LogP contribution in [-0.2, 0) is 11.4 Å². The topological polar surface area (TPSA) is 58.6 Å². The van der Waals surface area contributed by atoms with Gasteiger partial charge in [0.15, 0.2) is 4.32 Å². The number of rotatable bonds is 6. The molecule has 178 valence electrons. The predicted molar refractivity (Wildman–Crippen MR) is 149 cm³/mol. The van der Waals surface area contributed by atoms with Crippen LogP contribution in [-0.4, -0.2) is 21.1 Å². The highest BCUT2D eigenvalue weighted by Crippen LogP contribution is 2.36. The Balaban J connectivity index is 1.44. The van der Waals surface area contributed by atoms with Crippen molar-refractivity contribution in [3.63, 3.8) is 0 Å². The van der Waals surface area contributed by atoms with E-state index in [1.54, 1.807) is 30.3 Å². The van der Waals surface area contributed by atoms with Gasteiger partial charge in [-0.2, -0.15) is 5.01 Å². The fourth-order valence-electron chi connectivity index (χ4n) is 3.75. The summed E-state index contributed by atoms with van der Waals surface area (Å²) in [6.45, 7) is 0.387. The van der Waals surface area contributed by atoms with E-state index in [1.165, 1.54) is 0 Å². The zero-order chi connectivity index (χ0) is 25.1. The summed E-state index contributed by atoms with van der Waals surface area (Å²) in [4.78, 5) is 26.3. The molecule has 8 heteroatoms. The van der Waals surface area contributed by atoms with Gasteiger partial charge in [0.25, 0.3) is 11.8 Å². The average molecular weight is 531 g/mol. The summed E-state index contributed by atoms with van der Waals surface area (Å²) < 4.78 is 6.41. The lowest BCUT2D eigenvalue weighted by molar-refractivity contribution is -0.123. The highest BCUT2D eigenvalue weighted by Gasteiger charge is 2.34. The van der Waals surface area contributed by atoms with Crippen LogP contribution < -0.4 is 10.2 Å². The number of nitrogens with zero attached hydrogens (tertiary/aromatic N) is 1. The summed E-state index contributed by atoms with van der Waals surface area (Å²) in [6, 6.07) is 28.0. The number of hydrazine groups is 1. The van der Waals surface area contributed by atoms with Crippen LogP contribution in [0.25, 0.3) is 16.8 Å². The third-order valence-electron chi connectivity index (χ3n) is 5.56. The van der Waals surface area contributed by atoms with Crippen LogP contribution in [0.1, 0.15) is 21.5 Å². The molecule has 1 aliphatic heterocycles. The maximum atomic E-state index is 13.2. The number of thioether (sulfide) groups is 1. The van der Waals surface area contributed by atoms with Gasteiger partial charge in [-0.05, 0) is 65.0 Å². The molecule has 0 bridgehead atoms. The Morgan fingerprint density at radius 3 is 2.47 bits per heavy atom. The van der Waals surface area contributed by atoms with Crippen molar-refractivity contribution in [2.75, 3.05) is 0 Å². The smallest absolute Gasteiger partial charge is 0.285 e. The largest absolute Gasteiger partial charge is 0.488 e. The minimum Gasteiger partial charge on any atom is -0.488 e. The van der Waals surface area contributed by atoms with Gasteiger partial charge in [0, 0.05) is 16.1 Å². The van der Waals surface area contributed by atoms with Gasteiger partial charge in [-0.1, -0.05) is 84.0 Å². The molecule has 0 unspecified atom stereocenters. The van der Waals surface area contributed by atoms with Gasteiger partial charge in [0.2, 0.25) is 0 Å². The molecule has 4 aromatic rings. The molecular formula is C28H19ClN2O3S2. The first kappa shape index (κ1) is 24.1. The van der Waals surface area contributed by atoms with Crippen molar-refractivity contribution in [1.82, 2.24) is 10.4 Å². The van der Waals surface area contributed by atoms with Gasteiger partial charge in [-0.3, -0.25) is 15.0 Å². The second-order valence-electron chi connectivity index (χ2n) is 7.94. The number of nitrogens with one attached hydrogen (secondary N) is 1. The summed E-state index contributed by atoms with van der Waals surface area (Å²) in [5.74, 6) is -0.219. The van der Waals surface area contributed by atoms with E-state index in [4.69, 9.17) is 28.6 Å². The van der Waals surface area contributed by atoms with Crippen molar-refractivity contribution in [1.29, 1.82) is 0 Å². The minimum atomic E-state index is -0.457. The molecule has 1 aliphatic rings.